The first kappa shape index (κ1) is 20.2. The van der Waals surface area contributed by atoms with E-state index < -0.39 is 6.10 Å². The van der Waals surface area contributed by atoms with Crippen LogP contribution < -0.4 is 14.4 Å². The number of hydrogen-bond acceptors (Lipinski definition) is 4. The summed E-state index contributed by atoms with van der Waals surface area (Å²) in [4.78, 5) is 30.3. The third-order valence-corrected chi connectivity index (χ3v) is 6.50. The van der Waals surface area contributed by atoms with Gasteiger partial charge in [0.2, 0.25) is 5.91 Å². The Morgan fingerprint density at radius 3 is 2.61 bits per heavy atom. The van der Waals surface area contributed by atoms with Crippen molar-refractivity contribution < 1.29 is 19.1 Å². The SMILES string of the molecule is O=C([C@H]1CN(C(=O)[C@H]2COc3ccc(Cl)cc3C2)c2ccccc2O1)N1CCCCC1. The number of carbonyl (C=O) groups is 2. The first-order chi connectivity index (χ1) is 15.1. The molecule has 0 aromatic heterocycles. The fraction of sp³-hybridized carbons (Fsp3) is 0.417. The van der Waals surface area contributed by atoms with E-state index in [-0.39, 0.29) is 24.3 Å². The minimum atomic E-state index is -0.691. The Labute approximate surface area is 186 Å². The van der Waals surface area contributed by atoms with E-state index in [0.29, 0.717) is 29.5 Å². The number of likely N-dealkylation sites (tertiary alicyclic amines) is 1. The van der Waals surface area contributed by atoms with Gasteiger partial charge in [0.1, 0.15) is 18.1 Å². The Kier molecular flexibility index (Phi) is 5.48. The number of anilines is 1. The first-order valence-electron chi connectivity index (χ1n) is 10.9. The van der Waals surface area contributed by atoms with Crippen molar-refractivity contribution in [2.24, 2.45) is 5.92 Å². The van der Waals surface area contributed by atoms with E-state index in [4.69, 9.17) is 21.1 Å². The van der Waals surface area contributed by atoms with Gasteiger partial charge in [0.25, 0.3) is 5.91 Å². The lowest BCUT2D eigenvalue weighted by atomic mass is 9.94. The van der Waals surface area contributed by atoms with Gasteiger partial charge in [-0.1, -0.05) is 23.7 Å². The number of hydrogen-bond donors (Lipinski definition) is 0. The van der Waals surface area contributed by atoms with Crippen molar-refractivity contribution in [3.8, 4) is 11.5 Å². The van der Waals surface area contributed by atoms with Crippen LogP contribution in [0.1, 0.15) is 24.8 Å². The molecule has 1 fully saturated rings. The average Bonchev–Trinajstić information content (AvgIpc) is 2.82. The number of halogens is 1. The minimum absolute atomic E-state index is 0.0379. The number of piperidine rings is 1. The predicted molar refractivity (Wildman–Crippen MR) is 118 cm³/mol. The molecule has 0 radical (unpaired) electrons. The molecule has 2 aromatic carbocycles. The minimum Gasteiger partial charge on any atom is -0.492 e. The molecule has 2 atom stereocenters. The van der Waals surface area contributed by atoms with Crippen LogP contribution >= 0.6 is 11.6 Å². The van der Waals surface area contributed by atoms with Crippen LogP contribution in [0.3, 0.4) is 0 Å². The van der Waals surface area contributed by atoms with Crippen LogP contribution in [0.25, 0.3) is 0 Å². The van der Waals surface area contributed by atoms with E-state index in [1.54, 1.807) is 11.0 Å². The Morgan fingerprint density at radius 1 is 0.968 bits per heavy atom. The van der Waals surface area contributed by atoms with E-state index in [0.717, 1.165) is 43.7 Å². The predicted octanol–water partition coefficient (Wildman–Crippen LogP) is 3.70. The number of ether oxygens (including phenoxy) is 2. The lowest BCUT2D eigenvalue weighted by Crippen LogP contribution is -2.54. The molecule has 0 unspecified atom stereocenters. The molecule has 3 heterocycles. The molecular formula is C24H25ClN2O4. The molecule has 5 rings (SSSR count). The maximum atomic E-state index is 13.6. The summed E-state index contributed by atoms with van der Waals surface area (Å²) in [6.07, 6.45) is 3.04. The summed E-state index contributed by atoms with van der Waals surface area (Å²) in [6, 6.07) is 12.9. The highest BCUT2D eigenvalue weighted by atomic mass is 35.5. The van der Waals surface area contributed by atoms with Crippen molar-refractivity contribution in [3.63, 3.8) is 0 Å². The van der Waals surface area contributed by atoms with Crippen LogP contribution in [0.2, 0.25) is 5.02 Å². The number of fused-ring (bicyclic) bond motifs is 2. The summed E-state index contributed by atoms with van der Waals surface area (Å²) in [5.41, 5.74) is 1.63. The molecule has 2 aromatic rings. The van der Waals surface area contributed by atoms with Crippen molar-refractivity contribution in [1.29, 1.82) is 0 Å². The Bertz CT molecular complexity index is 1000. The molecule has 6 nitrogen and oxygen atoms in total. The first-order valence-corrected chi connectivity index (χ1v) is 11.2. The van der Waals surface area contributed by atoms with Crippen molar-refractivity contribution in [2.75, 3.05) is 31.1 Å². The lowest BCUT2D eigenvalue weighted by Gasteiger charge is -2.39. The van der Waals surface area contributed by atoms with Gasteiger partial charge >= 0.3 is 0 Å². The highest BCUT2D eigenvalue weighted by Crippen LogP contribution is 2.37. The van der Waals surface area contributed by atoms with Gasteiger partial charge in [-0.25, -0.2) is 0 Å². The van der Waals surface area contributed by atoms with Gasteiger partial charge < -0.3 is 19.3 Å². The number of amides is 2. The lowest BCUT2D eigenvalue weighted by molar-refractivity contribution is -0.139. The number of para-hydroxylation sites is 2. The third kappa shape index (κ3) is 3.97. The van der Waals surface area contributed by atoms with Crippen LogP contribution in [0.4, 0.5) is 5.69 Å². The van der Waals surface area contributed by atoms with Crippen LogP contribution in [0.5, 0.6) is 11.5 Å². The van der Waals surface area contributed by atoms with Crippen LogP contribution in [-0.2, 0) is 16.0 Å². The largest absolute Gasteiger partial charge is 0.492 e. The Hall–Kier alpha value is -2.73. The standard InChI is InChI=1S/C24H25ClN2O4/c25-18-8-9-20-16(13-18)12-17(15-30-20)23(28)27-14-22(24(29)26-10-4-1-5-11-26)31-21-7-3-2-6-19(21)27/h2-3,6-9,13,17,22H,1,4-5,10-12,14-15H2/t17-,22-/m1/s1. The molecule has 3 aliphatic rings. The van der Waals surface area contributed by atoms with E-state index in [1.165, 1.54) is 0 Å². The normalized spacial score (nSPS) is 22.6. The van der Waals surface area contributed by atoms with Gasteiger partial charge in [0.15, 0.2) is 6.10 Å². The number of carbonyl (C=O) groups excluding carboxylic acids is 2. The van der Waals surface area contributed by atoms with E-state index in [1.807, 2.05) is 41.3 Å². The van der Waals surface area contributed by atoms with Crippen molar-refractivity contribution in [3.05, 3.63) is 53.1 Å². The molecule has 31 heavy (non-hydrogen) atoms. The molecule has 2 amide bonds. The maximum Gasteiger partial charge on any atom is 0.265 e. The molecule has 0 saturated carbocycles. The molecule has 0 spiro atoms. The van der Waals surface area contributed by atoms with Crippen molar-refractivity contribution >= 4 is 29.1 Å². The second kappa shape index (κ2) is 8.42. The molecule has 3 aliphatic heterocycles. The molecule has 0 bridgehead atoms. The van der Waals surface area contributed by atoms with Gasteiger partial charge in [0.05, 0.1) is 18.2 Å². The van der Waals surface area contributed by atoms with Crippen molar-refractivity contribution in [1.82, 2.24) is 4.90 Å². The molecule has 1 saturated heterocycles. The maximum absolute atomic E-state index is 13.6. The summed E-state index contributed by atoms with van der Waals surface area (Å²) in [5, 5.41) is 0.624. The molecule has 162 valence electrons. The van der Waals surface area contributed by atoms with E-state index in [9.17, 15) is 9.59 Å². The van der Waals surface area contributed by atoms with Gasteiger partial charge in [-0.3, -0.25) is 9.59 Å². The molecule has 0 aliphatic carbocycles. The third-order valence-electron chi connectivity index (χ3n) is 6.26. The van der Waals surface area contributed by atoms with Crippen molar-refractivity contribution in [2.45, 2.75) is 31.8 Å². The highest BCUT2D eigenvalue weighted by Gasteiger charge is 2.39. The van der Waals surface area contributed by atoms with E-state index in [2.05, 4.69) is 0 Å². The molecule has 0 N–H and O–H groups in total. The Balaban J connectivity index is 1.39. The summed E-state index contributed by atoms with van der Waals surface area (Å²) < 4.78 is 11.9. The zero-order chi connectivity index (χ0) is 21.4. The quantitative estimate of drug-likeness (QED) is 0.714. The summed E-state index contributed by atoms with van der Waals surface area (Å²) >= 11 is 6.14. The van der Waals surface area contributed by atoms with Crippen LogP contribution in [-0.4, -0.2) is 49.1 Å². The summed E-state index contributed by atoms with van der Waals surface area (Å²) in [6.45, 7) is 2.02. The zero-order valence-electron chi connectivity index (χ0n) is 17.3. The van der Waals surface area contributed by atoms with Gasteiger partial charge in [-0.2, -0.15) is 0 Å². The zero-order valence-corrected chi connectivity index (χ0v) is 18.0. The molecular weight excluding hydrogens is 416 g/mol. The highest BCUT2D eigenvalue weighted by molar-refractivity contribution is 6.30. The second-order valence-electron chi connectivity index (χ2n) is 8.37. The smallest absolute Gasteiger partial charge is 0.265 e. The number of nitrogens with zero attached hydrogens (tertiary/aromatic N) is 2. The topological polar surface area (TPSA) is 59.1 Å². The van der Waals surface area contributed by atoms with Gasteiger partial charge in [-0.15, -0.1) is 0 Å². The average molecular weight is 441 g/mol. The Morgan fingerprint density at radius 2 is 1.77 bits per heavy atom. The molecule has 7 heteroatoms. The fourth-order valence-corrected chi connectivity index (χ4v) is 4.83. The second-order valence-corrected chi connectivity index (χ2v) is 8.81. The van der Waals surface area contributed by atoms with E-state index >= 15 is 0 Å². The number of rotatable bonds is 2. The van der Waals surface area contributed by atoms with Crippen LogP contribution in [0.15, 0.2) is 42.5 Å². The fourth-order valence-electron chi connectivity index (χ4n) is 4.63. The van der Waals surface area contributed by atoms with Gasteiger partial charge in [0, 0.05) is 18.1 Å². The summed E-state index contributed by atoms with van der Waals surface area (Å²) in [7, 11) is 0. The van der Waals surface area contributed by atoms with Crippen LogP contribution in [0, 0.1) is 5.92 Å². The van der Waals surface area contributed by atoms with Gasteiger partial charge in [-0.05, 0) is 61.6 Å². The number of benzene rings is 2. The monoisotopic (exact) mass is 440 g/mol. The summed E-state index contributed by atoms with van der Waals surface area (Å²) in [5.74, 6) is 0.899.